The molecule has 0 aliphatic carbocycles. The van der Waals surface area contributed by atoms with E-state index in [1.165, 1.54) is 11.8 Å². The number of thioether (sulfide) groups is 1. The van der Waals surface area contributed by atoms with Gasteiger partial charge >= 0.3 is 0 Å². The Labute approximate surface area is 209 Å². The number of aliphatic hydroxyl groups excluding tert-OH is 1. The van der Waals surface area contributed by atoms with Crippen molar-refractivity contribution in [2.75, 3.05) is 24.8 Å². The molecule has 35 heavy (non-hydrogen) atoms. The van der Waals surface area contributed by atoms with Gasteiger partial charge in [-0.05, 0) is 63.1 Å². The highest BCUT2D eigenvalue weighted by atomic mass is 32.2. The molecule has 3 aromatic rings. The number of aromatic nitrogens is 3. The smallest absolute Gasteiger partial charge is 0.251 e. The van der Waals surface area contributed by atoms with Crippen LogP contribution in [0.2, 0.25) is 0 Å². The topological polar surface area (TPSA) is 118 Å². The Hall–Kier alpha value is -3.37. The second kappa shape index (κ2) is 11.9. The first kappa shape index (κ1) is 26.2. The Bertz CT molecular complexity index is 1170. The number of hydrogen-bond donors (Lipinski definition) is 3. The Morgan fingerprint density at radius 3 is 2.34 bits per heavy atom. The van der Waals surface area contributed by atoms with Crippen LogP contribution in [0, 0.1) is 20.8 Å². The first-order valence-electron chi connectivity index (χ1n) is 11.3. The number of hydrogen-bond acceptors (Lipinski definition) is 7. The quantitative estimate of drug-likeness (QED) is 0.367. The van der Waals surface area contributed by atoms with Crippen LogP contribution in [0.5, 0.6) is 5.75 Å². The predicted octanol–water partition coefficient (Wildman–Crippen LogP) is 3.43. The van der Waals surface area contributed by atoms with E-state index in [4.69, 9.17) is 4.74 Å². The van der Waals surface area contributed by atoms with Crippen molar-refractivity contribution in [1.82, 2.24) is 20.1 Å². The number of aryl methyl sites for hydroxylation is 3. The van der Waals surface area contributed by atoms with E-state index in [0.717, 1.165) is 22.4 Å². The average Bonchev–Trinajstić information content (AvgIpc) is 3.26. The van der Waals surface area contributed by atoms with Gasteiger partial charge in [0.05, 0.1) is 19.5 Å². The molecule has 186 valence electrons. The monoisotopic (exact) mass is 497 g/mol. The Kier molecular flexibility index (Phi) is 8.89. The molecule has 1 atom stereocenters. The maximum Gasteiger partial charge on any atom is 0.251 e. The molecule has 0 spiro atoms. The molecule has 2 amide bonds. The lowest BCUT2D eigenvalue weighted by Gasteiger charge is -2.17. The van der Waals surface area contributed by atoms with E-state index in [-0.39, 0.29) is 24.2 Å². The van der Waals surface area contributed by atoms with Gasteiger partial charge in [0.1, 0.15) is 11.8 Å². The van der Waals surface area contributed by atoms with Gasteiger partial charge in [-0.15, -0.1) is 10.2 Å². The highest BCUT2D eigenvalue weighted by Gasteiger charge is 2.23. The molecule has 0 unspecified atom stereocenters. The number of benzene rings is 2. The highest BCUT2D eigenvalue weighted by molar-refractivity contribution is 7.99. The van der Waals surface area contributed by atoms with Gasteiger partial charge in [0, 0.05) is 17.8 Å². The summed E-state index contributed by atoms with van der Waals surface area (Å²) in [7, 11) is 1.55. The number of amides is 2. The third-order valence-corrected chi connectivity index (χ3v) is 6.45. The number of anilines is 1. The third-order valence-electron chi connectivity index (χ3n) is 5.49. The summed E-state index contributed by atoms with van der Waals surface area (Å²) in [5, 5.41) is 24.7. The zero-order chi connectivity index (χ0) is 25.5. The van der Waals surface area contributed by atoms with Crippen LogP contribution in [0.4, 0.5) is 5.69 Å². The summed E-state index contributed by atoms with van der Waals surface area (Å²) in [6.07, 6.45) is 0. The van der Waals surface area contributed by atoms with Gasteiger partial charge in [-0.3, -0.25) is 9.59 Å². The van der Waals surface area contributed by atoms with E-state index < -0.39 is 6.04 Å². The Balaban J connectivity index is 1.68. The lowest BCUT2D eigenvalue weighted by atomic mass is 10.1. The number of carbonyl (C=O) groups excluding carboxylic acids is 2. The maximum atomic E-state index is 12.7. The van der Waals surface area contributed by atoms with Crippen molar-refractivity contribution in [1.29, 1.82) is 0 Å². The summed E-state index contributed by atoms with van der Waals surface area (Å²) < 4.78 is 6.91. The van der Waals surface area contributed by atoms with Crippen LogP contribution < -0.4 is 15.4 Å². The normalized spacial score (nSPS) is 11.7. The van der Waals surface area contributed by atoms with E-state index in [1.54, 1.807) is 35.9 Å². The van der Waals surface area contributed by atoms with Crippen molar-refractivity contribution in [3.8, 4) is 5.75 Å². The van der Waals surface area contributed by atoms with Crippen molar-refractivity contribution >= 4 is 29.3 Å². The van der Waals surface area contributed by atoms with Gasteiger partial charge in [-0.1, -0.05) is 29.5 Å². The molecule has 0 radical (unpaired) electrons. The molecule has 0 bridgehead atoms. The number of methoxy groups -OCH3 is 1. The molecule has 3 N–H and O–H groups in total. The number of aliphatic hydroxyl groups is 1. The minimum Gasteiger partial charge on any atom is -0.497 e. The third kappa shape index (κ3) is 6.40. The Morgan fingerprint density at radius 1 is 1.11 bits per heavy atom. The summed E-state index contributed by atoms with van der Waals surface area (Å²) >= 11 is 1.25. The lowest BCUT2D eigenvalue weighted by Crippen LogP contribution is -2.32. The second-order valence-electron chi connectivity index (χ2n) is 8.13. The SMILES string of the molecule is CCn1c(SCC(=O)Nc2c(C)cc(C)cc2C)nnc1[C@@H](CO)NC(=O)c1ccc(OC)cc1. The van der Waals surface area contributed by atoms with Crippen LogP contribution >= 0.6 is 11.8 Å². The van der Waals surface area contributed by atoms with Crippen LogP contribution in [0.1, 0.15) is 45.8 Å². The number of carbonyl (C=O) groups is 2. The minimum atomic E-state index is -0.752. The molecule has 3 rings (SSSR count). The fourth-order valence-corrected chi connectivity index (χ4v) is 4.63. The molecule has 2 aromatic carbocycles. The van der Waals surface area contributed by atoms with Gasteiger partial charge in [0.2, 0.25) is 5.91 Å². The fraction of sp³-hybridized carbons (Fsp3) is 0.360. The molecular weight excluding hydrogens is 466 g/mol. The first-order valence-corrected chi connectivity index (χ1v) is 12.2. The van der Waals surface area contributed by atoms with Crippen LogP contribution in [0.25, 0.3) is 0 Å². The van der Waals surface area contributed by atoms with Gasteiger partial charge in [0.15, 0.2) is 11.0 Å². The molecule has 10 heteroatoms. The zero-order valence-corrected chi connectivity index (χ0v) is 21.4. The van der Waals surface area contributed by atoms with Crippen molar-refractivity contribution in [3.05, 3.63) is 64.5 Å². The Morgan fingerprint density at radius 2 is 1.77 bits per heavy atom. The first-order chi connectivity index (χ1) is 16.8. The molecule has 0 saturated heterocycles. The average molecular weight is 498 g/mol. The van der Waals surface area contributed by atoms with Crippen LogP contribution in [0.15, 0.2) is 41.6 Å². The number of rotatable bonds is 10. The lowest BCUT2D eigenvalue weighted by molar-refractivity contribution is -0.113. The number of nitrogens with one attached hydrogen (secondary N) is 2. The van der Waals surface area contributed by atoms with Crippen LogP contribution in [0.3, 0.4) is 0 Å². The minimum absolute atomic E-state index is 0.146. The zero-order valence-electron chi connectivity index (χ0n) is 20.6. The van der Waals surface area contributed by atoms with Crippen molar-refractivity contribution in [3.63, 3.8) is 0 Å². The molecule has 1 aromatic heterocycles. The van der Waals surface area contributed by atoms with E-state index >= 15 is 0 Å². The van der Waals surface area contributed by atoms with E-state index in [1.807, 2.05) is 39.8 Å². The summed E-state index contributed by atoms with van der Waals surface area (Å²) in [5.74, 6) is 0.709. The van der Waals surface area contributed by atoms with Gasteiger partial charge < -0.3 is 25.0 Å². The maximum absolute atomic E-state index is 12.7. The van der Waals surface area contributed by atoms with E-state index in [9.17, 15) is 14.7 Å². The largest absolute Gasteiger partial charge is 0.497 e. The summed E-state index contributed by atoms with van der Waals surface area (Å²) in [6.45, 7) is 8.04. The molecule has 1 heterocycles. The van der Waals surface area contributed by atoms with Gasteiger partial charge in [-0.2, -0.15) is 0 Å². The molecule has 0 fully saturated rings. The number of ether oxygens (including phenoxy) is 1. The van der Waals surface area contributed by atoms with Crippen molar-refractivity contribution in [2.45, 2.75) is 45.4 Å². The summed E-state index contributed by atoms with van der Waals surface area (Å²) in [6, 6.07) is 9.98. The van der Waals surface area contributed by atoms with Crippen molar-refractivity contribution in [2.24, 2.45) is 0 Å². The molecule has 0 saturated carbocycles. The highest BCUT2D eigenvalue weighted by Crippen LogP contribution is 2.24. The van der Waals surface area contributed by atoms with E-state index in [0.29, 0.717) is 28.8 Å². The molecule has 0 aliphatic rings. The second-order valence-corrected chi connectivity index (χ2v) is 9.08. The number of nitrogens with zero attached hydrogens (tertiary/aromatic N) is 3. The molecule has 0 aliphatic heterocycles. The van der Waals surface area contributed by atoms with Crippen LogP contribution in [-0.2, 0) is 11.3 Å². The predicted molar refractivity (Wildman–Crippen MR) is 136 cm³/mol. The molecular formula is C25H31N5O4S. The van der Waals surface area contributed by atoms with Gasteiger partial charge in [0.25, 0.3) is 5.91 Å². The van der Waals surface area contributed by atoms with Crippen molar-refractivity contribution < 1.29 is 19.4 Å². The summed E-state index contributed by atoms with van der Waals surface area (Å²) in [4.78, 5) is 25.3. The van der Waals surface area contributed by atoms with Gasteiger partial charge in [-0.25, -0.2) is 0 Å². The standard InChI is InChI=1S/C25H31N5O4S/c1-6-30-23(20(13-31)26-24(33)18-7-9-19(34-5)10-8-18)28-29-25(30)35-14-21(32)27-22-16(3)11-15(2)12-17(22)4/h7-12,20,31H,6,13-14H2,1-5H3,(H,26,33)(H,27,32)/t20-/m1/s1. The fourth-order valence-electron chi connectivity index (χ4n) is 3.82. The van der Waals surface area contributed by atoms with E-state index in [2.05, 4.69) is 20.8 Å². The summed E-state index contributed by atoms with van der Waals surface area (Å²) in [5.41, 5.74) is 4.42. The molecule has 9 nitrogen and oxygen atoms in total. The van der Waals surface area contributed by atoms with Crippen LogP contribution in [-0.4, -0.2) is 51.2 Å².